The highest BCUT2D eigenvalue weighted by Crippen LogP contribution is 1.81. The molecule has 0 fully saturated rings. The first-order valence-electron chi connectivity index (χ1n) is 2.76. The molecule has 9 heavy (non-hydrogen) atoms. The van der Waals surface area contributed by atoms with Crippen LogP contribution in [-0.4, -0.2) is 12.9 Å². The van der Waals surface area contributed by atoms with Crippen molar-refractivity contribution in [1.82, 2.24) is 0 Å². The summed E-state index contributed by atoms with van der Waals surface area (Å²) in [6, 6.07) is 0. The molecular weight excluding hydrogens is 114 g/mol. The molecule has 0 radical (unpaired) electrons. The van der Waals surface area contributed by atoms with E-state index >= 15 is 0 Å². The lowest BCUT2D eigenvalue weighted by Crippen LogP contribution is -1.79. The van der Waals surface area contributed by atoms with E-state index in [2.05, 4.69) is 15.2 Å². The van der Waals surface area contributed by atoms with Gasteiger partial charge in [0.05, 0.1) is 0 Å². The quantitative estimate of drug-likeness (QED) is 0.292. The van der Waals surface area contributed by atoms with Gasteiger partial charge in [0.25, 0.3) is 0 Å². The van der Waals surface area contributed by atoms with Gasteiger partial charge >= 0.3 is 0 Å². The van der Waals surface area contributed by atoms with Crippen LogP contribution in [0.25, 0.3) is 0 Å². The maximum Gasteiger partial charge on any atom is 0.142 e. The fourth-order valence-corrected chi connectivity index (χ4v) is 0.228. The van der Waals surface area contributed by atoms with Gasteiger partial charge in [-0.2, -0.15) is 5.11 Å². The molecule has 0 spiro atoms. The molecule has 0 rings (SSSR count). The van der Waals surface area contributed by atoms with E-state index in [0.29, 0.717) is 5.84 Å². The first-order valence-corrected chi connectivity index (χ1v) is 2.76. The van der Waals surface area contributed by atoms with Gasteiger partial charge in [-0.1, -0.05) is 6.08 Å². The van der Waals surface area contributed by atoms with Crippen LogP contribution in [-0.2, 0) is 0 Å². The summed E-state index contributed by atoms with van der Waals surface area (Å²) in [5, 5.41) is 7.39. The van der Waals surface area contributed by atoms with E-state index < -0.39 is 0 Å². The standard InChI is InChI=1S/C6H11N3/c1-4-5-8-9-6(2)7-3/h4-5H,1-3H3/b5-4-,7-6?,9-8?. The minimum Gasteiger partial charge on any atom is -0.273 e. The number of allylic oxidation sites excluding steroid dienone is 1. The van der Waals surface area contributed by atoms with Gasteiger partial charge in [-0.25, -0.2) is 0 Å². The molecule has 0 saturated heterocycles. The average Bonchev–Trinajstić information content (AvgIpc) is 1.89. The molecule has 0 unspecified atom stereocenters. The normalized spacial score (nSPS) is 13.9. The van der Waals surface area contributed by atoms with Crippen molar-refractivity contribution in [2.45, 2.75) is 13.8 Å². The van der Waals surface area contributed by atoms with Crippen molar-refractivity contribution in [1.29, 1.82) is 0 Å². The predicted octanol–water partition coefficient (Wildman–Crippen LogP) is 2.02. The molecule has 3 heteroatoms. The molecule has 0 aromatic rings. The third kappa shape index (κ3) is 4.87. The van der Waals surface area contributed by atoms with Crippen molar-refractivity contribution in [3.8, 4) is 0 Å². The Balaban J connectivity index is 3.71. The van der Waals surface area contributed by atoms with Crippen molar-refractivity contribution in [3.05, 3.63) is 12.3 Å². The van der Waals surface area contributed by atoms with E-state index in [9.17, 15) is 0 Å². The van der Waals surface area contributed by atoms with Crippen molar-refractivity contribution >= 4 is 5.84 Å². The number of hydrogen-bond donors (Lipinski definition) is 0. The van der Waals surface area contributed by atoms with Gasteiger partial charge in [0, 0.05) is 13.2 Å². The van der Waals surface area contributed by atoms with Gasteiger partial charge in [0.1, 0.15) is 5.84 Å². The summed E-state index contributed by atoms with van der Waals surface area (Å²) in [6.07, 6.45) is 3.43. The first kappa shape index (κ1) is 8.01. The van der Waals surface area contributed by atoms with Gasteiger partial charge in [-0.05, 0) is 13.8 Å². The van der Waals surface area contributed by atoms with Gasteiger partial charge < -0.3 is 0 Å². The van der Waals surface area contributed by atoms with E-state index in [-0.39, 0.29) is 0 Å². The number of hydrogen-bond acceptors (Lipinski definition) is 2. The number of amidine groups is 1. The maximum atomic E-state index is 3.78. The number of rotatable bonds is 1. The molecule has 3 nitrogen and oxygen atoms in total. The molecule has 0 aromatic heterocycles. The first-order chi connectivity index (χ1) is 4.31. The van der Waals surface area contributed by atoms with E-state index in [0.717, 1.165) is 0 Å². The topological polar surface area (TPSA) is 37.1 Å². The molecule has 0 atom stereocenters. The summed E-state index contributed by atoms with van der Waals surface area (Å²) in [6.45, 7) is 3.68. The third-order valence-electron chi connectivity index (χ3n) is 0.742. The Labute approximate surface area is 55.2 Å². The van der Waals surface area contributed by atoms with Crippen LogP contribution in [0.1, 0.15) is 13.8 Å². The zero-order chi connectivity index (χ0) is 7.11. The summed E-state index contributed by atoms with van der Waals surface area (Å²) in [4.78, 5) is 3.78. The van der Waals surface area contributed by atoms with Crippen molar-refractivity contribution in [2.24, 2.45) is 15.2 Å². The summed E-state index contributed by atoms with van der Waals surface area (Å²) in [7, 11) is 1.68. The van der Waals surface area contributed by atoms with Crippen LogP contribution in [0.3, 0.4) is 0 Å². The highest BCUT2D eigenvalue weighted by atomic mass is 15.1. The fraction of sp³-hybridized carbons (Fsp3) is 0.500. The fourth-order valence-electron chi connectivity index (χ4n) is 0.228. The highest BCUT2D eigenvalue weighted by molar-refractivity contribution is 5.79. The van der Waals surface area contributed by atoms with Crippen LogP contribution in [0.5, 0.6) is 0 Å². The lowest BCUT2D eigenvalue weighted by Gasteiger charge is -1.80. The van der Waals surface area contributed by atoms with Crippen LogP contribution >= 0.6 is 0 Å². The van der Waals surface area contributed by atoms with Crippen LogP contribution in [0.4, 0.5) is 0 Å². The van der Waals surface area contributed by atoms with Gasteiger partial charge in [-0.3, -0.25) is 4.99 Å². The zero-order valence-electron chi connectivity index (χ0n) is 6.00. The molecule has 0 N–H and O–H groups in total. The molecule has 0 aliphatic rings. The number of aliphatic imine (C=N–C) groups is 1. The minimum absolute atomic E-state index is 0.688. The SMILES string of the molecule is C/C=C\N=NC(C)=NC. The second-order valence-corrected chi connectivity index (χ2v) is 1.47. The molecule has 0 aliphatic heterocycles. The van der Waals surface area contributed by atoms with Crippen LogP contribution in [0, 0.1) is 0 Å². The van der Waals surface area contributed by atoms with Crippen LogP contribution < -0.4 is 0 Å². The summed E-state index contributed by atoms with van der Waals surface area (Å²) < 4.78 is 0. The third-order valence-corrected chi connectivity index (χ3v) is 0.742. The van der Waals surface area contributed by atoms with Gasteiger partial charge in [-0.15, -0.1) is 5.11 Å². The summed E-state index contributed by atoms with van der Waals surface area (Å²) in [5.74, 6) is 0.688. The lowest BCUT2D eigenvalue weighted by atomic mass is 10.7. The van der Waals surface area contributed by atoms with E-state index in [1.165, 1.54) is 0 Å². The molecular formula is C6H11N3. The second-order valence-electron chi connectivity index (χ2n) is 1.47. The minimum atomic E-state index is 0.688. The molecule has 50 valence electrons. The van der Waals surface area contributed by atoms with Crippen molar-refractivity contribution < 1.29 is 0 Å². The molecule has 0 amide bonds. The Morgan fingerprint density at radius 2 is 2.11 bits per heavy atom. The molecule has 0 bridgehead atoms. The molecule has 0 saturated carbocycles. The Morgan fingerprint density at radius 1 is 1.44 bits per heavy atom. The largest absolute Gasteiger partial charge is 0.273 e. The second kappa shape index (κ2) is 5.15. The average molecular weight is 125 g/mol. The van der Waals surface area contributed by atoms with E-state index in [4.69, 9.17) is 0 Å². The van der Waals surface area contributed by atoms with Gasteiger partial charge in [0.2, 0.25) is 0 Å². The Bertz CT molecular complexity index is 144. The molecule has 0 aromatic carbocycles. The van der Waals surface area contributed by atoms with E-state index in [1.807, 2.05) is 13.0 Å². The molecule has 0 heterocycles. The monoisotopic (exact) mass is 125 g/mol. The lowest BCUT2D eigenvalue weighted by molar-refractivity contribution is 1.23. The zero-order valence-corrected chi connectivity index (χ0v) is 6.00. The van der Waals surface area contributed by atoms with Crippen LogP contribution in [0.15, 0.2) is 27.5 Å². The molecule has 0 aliphatic carbocycles. The van der Waals surface area contributed by atoms with Gasteiger partial charge in [0.15, 0.2) is 0 Å². The van der Waals surface area contributed by atoms with E-state index in [1.54, 1.807) is 20.2 Å². The number of azo groups is 1. The summed E-state index contributed by atoms with van der Waals surface area (Å²) >= 11 is 0. The predicted molar refractivity (Wildman–Crippen MR) is 38.7 cm³/mol. The Kier molecular flexibility index (Phi) is 4.59. The Hall–Kier alpha value is -0.990. The Morgan fingerprint density at radius 3 is 2.56 bits per heavy atom. The van der Waals surface area contributed by atoms with Crippen molar-refractivity contribution in [3.63, 3.8) is 0 Å². The summed E-state index contributed by atoms with van der Waals surface area (Å²) in [5.41, 5.74) is 0. The number of nitrogens with zero attached hydrogens (tertiary/aromatic N) is 3. The van der Waals surface area contributed by atoms with Crippen molar-refractivity contribution in [2.75, 3.05) is 7.05 Å². The maximum absolute atomic E-state index is 3.78. The smallest absolute Gasteiger partial charge is 0.142 e. The highest BCUT2D eigenvalue weighted by Gasteiger charge is 1.75. The van der Waals surface area contributed by atoms with Crippen LogP contribution in [0.2, 0.25) is 0 Å².